The molecule has 0 bridgehead atoms. The Morgan fingerprint density at radius 1 is 1.24 bits per heavy atom. The first-order valence-corrected chi connectivity index (χ1v) is 7.76. The molecule has 0 saturated carbocycles. The molecule has 0 radical (unpaired) electrons. The van der Waals surface area contributed by atoms with Crippen molar-refractivity contribution in [2.24, 2.45) is 0 Å². The molecule has 2 aromatic rings. The van der Waals surface area contributed by atoms with E-state index in [1.165, 1.54) is 12.1 Å². The third kappa shape index (κ3) is 3.28. The molecule has 0 saturated heterocycles. The minimum atomic E-state index is -0.639. The van der Waals surface area contributed by atoms with Crippen molar-refractivity contribution in [1.82, 2.24) is 5.32 Å². The van der Waals surface area contributed by atoms with Crippen molar-refractivity contribution in [3.63, 3.8) is 0 Å². The van der Waals surface area contributed by atoms with Gasteiger partial charge in [-0.05, 0) is 52.7 Å². The molecule has 0 aliphatic carbocycles. The first-order chi connectivity index (χ1) is 9.97. The van der Waals surface area contributed by atoms with Crippen LogP contribution >= 0.6 is 27.5 Å². The molecule has 0 aromatic heterocycles. The minimum absolute atomic E-state index is 0.00292. The van der Waals surface area contributed by atoms with Crippen LogP contribution in [0.1, 0.15) is 29.7 Å². The monoisotopic (exact) mass is 373 g/mol. The van der Waals surface area contributed by atoms with Gasteiger partial charge in [-0.15, -0.1) is 0 Å². The zero-order valence-electron chi connectivity index (χ0n) is 11.7. The van der Waals surface area contributed by atoms with Crippen molar-refractivity contribution in [3.05, 3.63) is 68.2 Å². The summed E-state index contributed by atoms with van der Waals surface area (Å²) in [6, 6.07) is 7.42. The highest BCUT2D eigenvalue weighted by molar-refractivity contribution is 9.10. The van der Waals surface area contributed by atoms with E-state index in [9.17, 15) is 8.78 Å². The van der Waals surface area contributed by atoms with E-state index >= 15 is 0 Å². The molecule has 0 amide bonds. The zero-order valence-corrected chi connectivity index (χ0v) is 14.0. The molecule has 1 N–H and O–H groups in total. The van der Waals surface area contributed by atoms with Crippen LogP contribution in [-0.4, -0.2) is 6.54 Å². The molecule has 1 unspecified atom stereocenters. The van der Waals surface area contributed by atoms with E-state index in [0.717, 1.165) is 0 Å². The molecule has 0 aliphatic heterocycles. The van der Waals surface area contributed by atoms with Crippen molar-refractivity contribution in [2.75, 3.05) is 6.54 Å². The van der Waals surface area contributed by atoms with E-state index in [2.05, 4.69) is 21.2 Å². The van der Waals surface area contributed by atoms with Crippen LogP contribution in [0.3, 0.4) is 0 Å². The van der Waals surface area contributed by atoms with E-state index in [4.69, 9.17) is 11.6 Å². The Morgan fingerprint density at radius 2 is 1.95 bits per heavy atom. The van der Waals surface area contributed by atoms with Gasteiger partial charge >= 0.3 is 0 Å². The quantitative estimate of drug-likeness (QED) is 0.757. The first kappa shape index (κ1) is 16.4. The Labute approximate surface area is 136 Å². The minimum Gasteiger partial charge on any atom is -0.306 e. The fourth-order valence-corrected chi connectivity index (χ4v) is 2.87. The topological polar surface area (TPSA) is 12.0 Å². The normalized spacial score (nSPS) is 12.5. The maximum Gasteiger partial charge on any atom is 0.134 e. The van der Waals surface area contributed by atoms with Gasteiger partial charge in [0.25, 0.3) is 0 Å². The second-order valence-electron chi connectivity index (χ2n) is 4.73. The fraction of sp³-hybridized carbons (Fsp3) is 0.250. The number of hydrogen-bond donors (Lipinski definition) is 1. The predicted octanol–water partition coefficient (Wildman–Crippen LogP) is 5.39. The summed E-state index contributed by atoms with van der Waals surface area (Å²) in [6.07, 6.45) is 0. The highest BCUT2D eigenvalue weighted by atomic mass is 79.9. The molecule has 112 valence electrons. The summed E-state index contributed by atoms with van der Waals surface area (Å²) in [7, 11) is 0. The molecular formula is C16H15BrClF2N. The van der Waals surface area contributed by atoms with Crippen LogP contribution in [0.2, 0.25) is 5.02 Å². The van der Waals surface area contributed by atoms with E-state index in [1.54, 1.807) is 25.1 Å². The number of nitrogens with one attached hydrogen (secondary N) is 1. The van der Waals surface area contributed by atoms with Crippen LogP contribution in [0.15, 0.2) is 34.8 Å². The van der Waals surface area contributed by atoms with Crippen molar-refractivity contribution in [3.8, 4) is 0 Å². The van der Waals surface area contributed by atoms with Gasteiger partial charge in [-0.25, -0.2) is 8.78 Å². The van der Waals surface area contributed by atoms with Crippen molar-refractivity contribution in [1.29, 1.82) is 0 Å². The van der Waals surface area contributed by atoms with Crippen LogP contribution in [0.4, 0.5) is 8.78 Å². The standard InChI is InChI=1S/C16H15BrClF2N/c1-3-21-16(10-5-4-6-11(17)14(10)18)13-12(19)8-7-9(2)15(13)20/h4-8,16,21H,3H2,1-2H3. The van der Waals surface area contributed by atoms with Gasteiger partial charge in [0.2, 0.25) is 0 Å². The molecule has 2 aromatic carbocycles. The third-order valence-electron chi connectivity index (χ3n) is 3.31. The summed E-state index contributed by atoms with van der Waals surface area (Å²) in [5.74, 6) is -1.13. The van der Waals surface area contributed by atoms with Gasteiger partial charge < -0.3 is 5.32 Å². The maximum atomic E-state index is 14.4. The van der Waals surface area contributed by atoms with Crippen molar-refractivity contribution < 1.29 is 8.78 Å². The average molecular weight is 375 g/mol. The number of aryl methyl sites for hydroxylation is 1. The van der Waals surface area contributed by atoms with Gasteiger partial charge in [0.05, 0.1) is 11.1 Å². The number of rotatable bonds is 4. The molecule has 0 heterocycles. The summed E-state index contributed by atoms with van der Waals surface area (Å²) in [4.78, 5) is 0. The van der Waals surface area contributed by atoms with Gasteiger partial charge in [-0.1, -0.05) is 36.7 Å². The Morgan fingerprint density at radius 3 is 2.62 bits per heavy atom. The summed E-state index contributed by atoms with van der Waals surface area (Å²) in [5.41, 5.74) is 1.04. The lowest BCUT2D eigenvalue weighted by molar-refractivity contribution is 0.506. The molecule has 0 spiro atoms. The highest BCUT2D eigenvalue weighted by Crippen LogP contribution is 2.35. The Hall–Kier alpha value is -0.970. The summed E-state index contributed by atoms with van der Waals surface area (Å²) in [6.45, 7) is 4.05. The van der Waals surface area contributed by atoms with Crippen LogP contribution < -0.4 is 5.32 Å². The summed E-state index contributed by atoms with van der Waals surface area (Å²) >= 11 is 9.63. The molecule has 21 heavy (non-hydrogen) atoms. The second kappa shape index (κ2) is 6.86. The molecule has 1 nitrogen and oxygen atoms in total. The van der Waals surface area contributed by atoms with Crippen LogP contribution in [-0.2, 0) is 0 Å². The average Bonchev–Trinajstić information content (AvgIpc) is 2.45. The van der Waals surface area contributed by atoms with Gasteiger partial charge in [-0.3, -0.25) is 0 Å². The van der Waals surface area contributed by atoms with Gasteiger partial charge in [0, 0.05) is 10.0 Å². The van der Waals surface area contributed by atoms with Crippen LogP contribution in [0, 0.1) is 18.6 Å². The first-order valence-electron chi connectivity index (χ1n) is 6.59. The largest absolute Gasteiger partial charge is 0.306 e. The van der Waals surface area contributed by atoms with Gasteiger partial charge in [0.15, 0.2) is 0 Å². The van der Waals surface area contributed by atoms with Gasteiger partial charge in [0.1, 0.15) is 11.6 Å². The Bertz CT molecular complexity index is 661. The number of benzene rings is 2. The van der Waals surface area contributed by atoms with E-state index in [0.29, 0.717) is 27.2 Å². The van der Waals surface area contributed by atoms with E-state index < -0.39 is 17.7 Å². The molecule has 0 fully saturated rings. The lowest BCUT2D eigenvalue weighted by atomic mass is 9.96. The highest BCUT2D eigenvalue weighted by Gasteiger charge is 2.24. The van der Waals surface area contributed by atoms with E-state index in [-0.39, 0.29) is 5.56 Å². The van der Waals surface area contributed by atoms with Crippen molar-refractivity contribution in [2.45, 2.75) is 19.9 Å². The van der Waals surface area contributed by atoms with E-state index in [1.807, 2.05) is 6.92 Å². The maximum absolute atomic E-state index is 14.4. The fourth-order valence-electron chi connectivity index (χ4n) is 2.26. The molecule has 0 aliphatic rings. The summed E-state index contributed by atoms with van der Waals surface area (Å²) < 4.78 is 29.3. The predicted molar refractivity (Wildman–Crippen MR) is 85.8 cm³/mol. The van der Waals surface area contributed by atoms with Crippen molar-refractivity contribution >= 4 is 27.5 Å². The number of hydrogen-bond acceptors (Lipinski definition) is 1. The third-order valence-corrected chi connectivity index (χ3v) is 4.62. The Kier molecular flexibility index (Phi) is 5.36. The lowest BCUT2D eigenvalue weighted by Gasteiger charge is -2.22. The van der Waals surface area contributed by atoms with Crippen LogP contribution in [0.25, 0.3) is 0 Å². The molecule has 5 heteroatoms. The molecule has 2 rings (SSSR count). The Balaban J connectivity index is 2.65. The lowest BCUT2D eigenvalue weighted by Crippen LogP contribution is -2.25. The van der Waals surface area contributed by atoms with Gasteiger partial charge in [-0.2, -0.15) is 0 Å². The molecule has 1 atom stereocenters. The summed E-state index contributed by atoms with van der Waals surface area (Å²) in [5, 5.41) is 3.55. The zero-order chi connectivity index (χ0) is 15.6. The SMILES string of the molecule is CCNC(c1cccc(Br)c1Cl)c1c(F)ccc(C)c1F. The molecular weight excluding hydrogens is 360 g/mol. The number of halogens is 4. The van der Waals surface area contributed by atoms with Crippen LogP contribution in [0.5, 0.6) is 0 Å². The second-order valence-corrected chi connectivity index (χ2v) is 5.96. The smallest absolute Gasteiger partial charge is 0.134 e.